The average molecular weight is 279 g/mol. The van der Waals surface area contributed by atoms with Crippen LogP contribution in [0.4, 0.5) is 11.4 Å². The molecule has 0 bridgehead atoms. The maximum atomic E-state index is 11.0. The van der Waals surface area contributed by atoms with Crippen molar-refractivity contribution in [3.05, 3.63) is 47.4 Å². The molecule has 0 saturated carbocycles. The Morgan fingerprint density at radius 3 is 2.74 bits per heavy atom. The summed E-state index contributed by atoms with van der Waals surface area (Å²) < 4.78 is 5.32. The molecule has 1 aromatic carbocycles. The molecular formula is C14H15ClN2O2. The number of carbonyl (C=O) groups is 1. The van der Waals surface area contributed by atoms with E-state index in [1.54, 1.807) is 18.4 Å². The Bertz CT molecular complexity index is 567. The molecule has 5 heteroatoms. The van der Waals surface area contributed by atoms with Gasteiger partial charge in [0, 0.05) is 12.6 Å². The summed E-state index contributed by atoms with van der Waals surface area (Å²) in [6, 6.07) is 9.19. The maximum Gasteiger partial charge on any atom is 0.221 e. The van der Waals surface area contributed by atoms with Crippen LogP contribution in [-0.2, 0) is 4.79 Å². The lowest BCUT2D eigenvalue weighted by Gasteiger charge is -2.14. The molecule has 0 aliphatic heterocycles. The zero-order valence-corrected chi connectivity index (χ0v) is 11.5. The van der Waals surface area contributed by atoms with Gasteiger partial charge in [0.15, 0.2) is 0 Å². The first-order valence-electron chi connectivity index (χ1n) is 5.93. The Labute approximate surface area is 116 Å². The summed E-state index contributed by atoms with van der Waals surface area (Å²) in [7, 11) is 0. The van der Waals surface area contributed by atoms with Crippen molar-refractivity contribution in [2.75, 3.05) is 10.6 Å². The Balaban J connectivity index is 2.10. The van der Waals surface area contributed by atoms with Crippen molar-refractivity contribution in [3.63, 3.8) is 0 Å². The molecule has 1 atom stereocenters. The zero-order chi connectivity index (χ0) is 13.8. The SMILES string of the molecule is CC(=O)Nc1ccc(NC(C)c2ccco2)cc1Cl. The molecule has 0 radical (unpaired) electrons. The normalized spacial score (nSPS) is 11.9. The molecule has 2 N–H and O–H groups in total. The molecule has 1 unspecified atom stereocenters. The number of anilines is 2. The third-order valence-corrected chi connectivity index (χ3v) is 2.95. The average Bonchev–Trinajstić information content (AvgIpc) is 2.86. The first kappa shape index (κ1) is 13.5. The molecule has 0 fully saturated rings. The van der Waals surface area contributed by atoms with E-state index >= 15 is 0 Å². The molecular weight excluding hydrogens is 264 g/mol. The fourth-order valence-corrected chi connectivity index (χ4v) is 1.98. The molecule has 100 valence electrons. The predicted octanol–water partition coefficient (Wildman–Crippen LogP) is 4.06. The van der Waals surface area contributed by atoms with Crippen molar-refractivity contribution in [3.8, 4) is 0 Å². The summed E-state index contributed by atoms with van der Waals surface area (Å²) in [6.07, 6.45) is 1.64. The van der Waals surface area contributed by atoms with Crippen LogP contribution >= 0.6 is 11.6 Å². The summed E-state index contributed by atoms with van der Waals surface area (Å²) in [5.74, 6) is 0.702. The summed E-state index contributed by atoms with van der Waals surface area (Å²) in [6.45, 7) is 3.44. The van der Waals surface area contributed by atoms with Gasteiger partial charge in [-0.1, -0.05) is 11.6 Å². The highest BCUT2D eigenvalue weighted by molar-refractivity contribution is 6.34. The number of hydrogen-bond acceptors (Lipinski definition) is 3. The summed E-state index contributed by atoms with van der Waals surface area (Å²) in [5.41, 5.74) is 1.47. The number of furan rings is 1. The van der Waals surface area contributed by atoms with E-state index in [2.05, 4.69) is 10.6 Å². The molecule has 2 aromatic rings. The highest BCUT2D eigenvalue weighted by Gasteiger charge is 2.09. The molecule has 2 rings (SSSR count). The van der Waals surface area contributed by atoms with Gasteiger partial charge in [-0.2, -0.15) is 0 Å². The minimum Gasteiger partial charge on any atom is -0.467 e. The summed E-state index contributed by atoms with van der Waals surface area (Å²) >= 11 is 6.10. The van der Waals surface area contributed by atoms with Crippen LogP contribution in [0.1, 0.15) is 25.6 Å². The van der Waals surface area contributed by atoms with Crippen LogP contribution in [-0.4, -0.2) is 5.91 Å². The molecule has 1 amide bonds. The van der Waals surface area contributed by atoms with Gasteiger partial charge < -0.3 is 15.1 Å². The van der Waals surface area contributed by atoms with Crippen molar-refractivity contribution in [2.24, 2.45) is 0 Å². The molecule has 0 saturated heterocycles. The van der Waals surface area contributed by atoms with Crippen molar-refractivity contribution >= 4 is 28.9 Å². The van der Waals surface area contributed by atoms with Crippen LogP contribution in [0.5, 0.6) is 0 Å². The van der Waals surface area contributed by atoms with Gasteiger partial charge in [0.25, 0.3) is 0 Å². The maximum absolute atomic E-state index is 11.0. The predicted molar refractivity (Wildman–Crippen MR) is 76.5 cm³/mol. The molecule has 0 aliphatic rings. The van der Waals surface area contributed by atoms with E-state index in [1.165, 1.54) is 6.92 Å². The molecule has 0 aliphatic carbocycles. The zero-order valence-electron chi connectivity index (χ0n) is 10.7. The third-order valence-electron chi connectivity index (χ3n) is 2.63. The van der Waals surface area contributed by atoms with Gasteiger partial charge in [-0.25, -0.2) is 0 Å². The van der Waals surface area contributed by atoms with Crippen LogP contribution in [0.2, 0.25) is 5.02 Å². The van der Waals surface area contributed by atoms with Gasteiger partial charge in [-0.05, 0) is 37.3 Å². The fraction of sp³-hybridized carbons (Fsp3) is 0.214. The van der Waals surface area contributed by atoms with E-state index in [4.69, 9.17) is 16.0 Å². The molecule has 0 spiro atoms. The summed E-state index contributed by atoms with van der Waals surface area (Å²) in [4.78, 5) is 11.0. The minimum atomic E-state index is -0.147. The number of hydrogen-bond donors (Lipinski definition) is 2. The number of benzene rings is 1. The second-order valence-electron chi connectivity index (χ2n) is 4.26. The lowest BCUT2D eigenvalue weighted by Crippen LogP contribution is -2.08. The first-order chi connectivity index (χ1) is 9.06. The van der Waals surface area contributed by atoms with Crippen molar-refractivity contribution in [2.45, 2.75) is 19.9 Å². The lowest BCUT2D eigenvalue weighted by atomic mass is 10.2. The standard InChI is InChI=1S/C14H15ClN2O2/c1-9(14-4-3-7-19-14)16-11-5-6-13(12(15)8-11)17-10(2)18/h3-9,16H,1-2H3,(H,17,18). The molecule has 4 nitrogen and oxygen atoms in total. The van der Waals surface area contributed by atoms with Gasteiger partial charge in [0.2, 0.25) is 5.91 Å². The Kier molecular flexibility index (Phi) is 4.12. The van der Waals surface area contributed by atoms with Crippen molar-refractivity contribution < 1.29 is 9.21 Å². The minimum absolute atomic E-state index is 0.0395. The van der Waals surface area contributed by atoms with Gasteiger partial charge >= 0.3 is 0 Å². The summed E-state index contributed by atoms with van der Waals surface area (Å²) in [5, 5.41) is 6.43. The van der Waals surface area contributed by atoms with Crippen molar-refractivity contribution in [1.82, 2.24) is 0 Å². The quantitative estimate of drug-likeness (QED) is 0.886. The van der Waals surface area contributed by atoms with E-state index in [-0.39, 0.29) is 11.9 Å². The number of carbonyl (C=O) groups excluding carboxylic acids is 1. The van der Waals surface area contributed by atoms with E-state index < -0.39 is 0 Å². The second kappa shape index (κ2) is 5.80. The van der Waals surface area contributed by atoms with Gasteiger partial charge in [-0.3, -0.25) is 4.79 Å². The second-order valence-corrected chi connectivity index (χ2v) is 4.66. The Hall–Kier alpha value is -1.94. The number of amides is 1. The van der Waals surface area contributed by atoms with Gasteiger partial charge in [-0.15, -0.1) is 0 Å². The third kappa shape index (κ3) is 3.51. The monoisotopic (exact) mass is 278 g/mol. The smallest absolute Gasteiger partial charge is 0.221 e. The molecule has 1 heterocycles. The Morgan fingerprint density at radius 2 is 2.16 bits per heavy atom. The van der Waals surface area contributed by atoms with Crippen LogP contribution in [0.15, 0.2) is 41.0 Å². The lowest BCUT2D eigenvalue weighted by molar-refractivity contribution is -0.114. The Morgan fingerprint density at radius 1 is 1.37 bits per heavy atom. The van der Waals surface area contributed by atoms with E-state index in [0.717, 1.165) is 11.4 Å². The molecule has 1 aromatic heterocycles. The molecule has 19 heavy (non-hydrogen) atoms. The van der Waals surface area contributed by atoms with E-state index in [9.17, 15) is 4.79 Å². The topological polar surface area (TPSA) is 54.3 Å². The van der Waals surface area contributed by atoms with Gasteiger partial charge in [0.1, 0.15) is 5.76 Å². The van der Waals surface area contributed by atoms with Crippen LogP contribution in [0.25, 0.3) is 0 Å². The largest absolute Gasteiger partial charge is 0.467 e. The van der Waals surface area contributed by atoms with Crippen LogP contribution in [0.3, 0.4) is 0 Å². The fourth-order valence-electron chi connectivity index (χ4n) is 1.75. The van der Waals surface area contributed by atoms with E-state index in [1.807, 2.05) is 25.1 Å². The number of nitrogens with one attached hydrogen (secondary N) is 2. The highest BCUT2D eigenvalue weighted by Crippen LogP contribution is 2.27. The van der Waals surface area contributed by atoms with Crippen LogP contribution < -0.4 is 10.6 Å². The highest BCUT2D eigenvalue weighted by atomic mass is 35.5. The number of rotatable bonds is 4. The van der Waals surface area contributed by atoms with E-state index in [0.29, 0.717) is 10.7 Å². The van der Waals surface area contributed by atoms with Gasteiger partial charge in [0.05, 0.1) is 23.0 Å². The first-order valence-corrected chi connectivity index (χ1v) is 6.31. The van der Waals surface area contributed by atoms with Crippen LogP contribution in [0, 0.1) is 0 Å². The van der Waals surface area contributed by atoms with Crippen molar-refractivity contribution in [1.29, 1.82) is 0 Å². The number of halogens is 1.